The zero-order valence-corrected chi connectivity index (χ0v) is 23.1. The molecule has 1 aliphatic carbocycles. The molecule has 5 heterocycles. The highest BCUT2D eigenvalue weighted by atomic mass is 32.2. The average molecular weight is 573 g/mol. The molecule has 6 fully saturated rings. The van der Waals surface area contributed by atoms with Crippen LogP contribution in [0.2, 0.25) is 0 Å². The van der Waals surface area contributed by atoms with Crippen LogP contribution in [0, 0.1) is 23.7 Å². The van der Waals surface area contributed by atoms with Crippen molar-refractivity contribution in [2.75, 3.05) is 26.2 Å². The molecule has 216 valence electrons. The summed E-state index contributed by atoms with van der Waals surface area (Å²) in [5.74, 6) is 0.596. The Hall–Kier alpha value is -1.57. The molecule has 12 heteroatoms. The van der Waals surface area contributed by atoms with Crippen LogP contribution in [0.5, 0.6) is 5.75 Å². The summed E-state index contributed by atoms with van der Waals surface area (Å²) in [5, 5.41) is 0. The Morgan fingerprint density at radius 3 is 2.44 bits per heavy atom. The topological polar surface area (TPSA) is 69.7 Å². The molecule has 6 aliphatic rings. The van der Waals surface area contributed by atoms with Crippen molar-refractivity contribution in [2.24, 2.45) is 23.7 Å². The van der Waals surface area contributed by atoms with Crippen LogP contribution < -0.4 is 4.74 Å². The lowest BCUT2D eigenvalue weighted by Crippen LogP contribution is -2.72. The first-order valence-corrected chi connectivity index (χ1v) is 14.6. The van der Waals surface area contributed by atoms with E-state index in [1.54, 1.807) is 4.90 Å². The number of ether oxygens (including phenoxy) is 3. The molecule has 8 nitrogen and oxygen atoms in total. The maximum absolute atomic E-state index is 12.8. The van der Waals surface area contributed by atoms with Gasteiger partial charge in [-0.05, 0) is 74.0 Å². The molecule has 1 aromatic rings. The average Bonchev–Trinajstić information content (AvgIpc) is 3.12. The Kier molecular flexibility index (Phi) is 7.12. The fourth-order valence-corrected chi connectivity index (χ4v) is 7.88. The summed E-state index contributed by atoms with van der Waals surface area (Å²) in [6.45, 7) is 8.54. The normalized spacial score (nSPS) is 40.6. The number of hydrogen-bond donors (Lipinski definition) is 0. The highest BCUT2D eigenvalue weighted by molar-refractivity contribution is 8.00. The van der Waals surface area contributed by atoms with Crippen LogP contribution >= 0.6 is 11.8 Å². The van der Waals surface area contributed by atoms with Crippen molar-refractivity contribution >= 4 is 17.9 Å². The van der Waals surface area contributed by atoms with Gasteiger partial charge in [0.1, 0.15) is 12.0 Å². The predicted molar refractivity (Wildman–Crippen MR) is 134 cm³/mol. The van der Waals surface area contributed by atoms with E-state index in [4.69, 9.17) is 24.0 Å². The van der Waals surface area contributed by atoms with Gasteiger partial charge >= 0.3 is 11.6 Å². The number of amides is 1. The zero-order chi connectivity index (χ0) is 27.6. The van der Waals surface area contributed by atoms with Gasteiger partial charge in [0.15, 0.2) is 11.9 Å². The highest BCUT2D eigenvalue weighted by Gasteiger charge is 2.69. The van der Waals surface area contributed by atoms with E-state index in [1.807, 2.05) is 6.92 Å². The fourth-order valence-electron chi connectivity index (χ4n) is 7.34. The molecule has 0 N–H and O–H groups in total. The zero-order valence-electron chi connectivity index (χ0n) is 22.3. The lowest BCUT2D eigenvalue weighted by molar-refractivity contribution is -0.574. The smallest absolute Gasteiger partial charge is 0.410 e. The van der Waals surface area contributed by atoms with E-state index in [-0.39, 0.29) is 40.5 Å². The maximum atomic E-state index is 12.8. The number of carbonyl (C=O) groups excluding carboxylic acids is 1. The van der Waals surface area contributed by atoms with Crippen LogP contribution in [-0.4, -0.2) is 71.5 Å². The number of carbonyl (C=O) groups is 1. The van der Waals surface area contributed by atoms with E-state index in [0.29, 0.717) is 38.0 Å². The fraction of sp³-hybridized carbons (Fsp3) is 0.741. The molecule has 7 rings (SSSR count). The lowest BCUT2D eigenvalue weighted by Gasteiger charge is -2.61. The molecule has 8 atom stereocenters. The van der Waals surface area contributed by atoms with Crippen molar-refractivity contribution in [1.82, 2.24) is 9.80 Å². The second-order valence-electron chi connectivity index (χ2n) is 11.7. The van der Waals surface area contributed by atoms with Gasteiger partial charge in [-0.15, -0.1) is 0 Å². The maximum Gasteiger partial charge on any atom is 0.446 e. The molecule has 5 aliphatic heterocycles. The molecular formula is C27H35F3N2O6S. The lowest BCUT2D eigenvalue weighted by atomic mass is 9.58. The van der Waals surface area contributed by atoms with Gasteiger partial charge in [0.05, 0.1) is 0 Å². The molecule has 1 amide bonds. The molecule has 1 unspecified atom stereocenters. The van der Waals surface area contributed by atoms with Gasteiger partial charge in [-0.3, -0.25) is 4.90 Å². The summed E-state index contributed by atoms with van der Waals surface area (Å²) in [6, 6.07) is 5.34. The first-order valence-electron chi connectivity index (χ1n) is 13.7. The summed E-state index contributed by atoms with van der Waals surface area (Å²) in [5.41, 5.74) is -4.97. The molecule has 5 saturated heterocycles. The summed E-state index contributed by atoms with van der Waals surface area (Å²) < 4.78 is 56.3. The van der Waals surface area contributed by atoms with Crippen molar-refractivity contribution in [2.45, 2.75) is 80.8 Å². The molecule has 0 aromatic heterocycles. The van der Waals surface area contributed by atoms with Crippen LogP contribution in [0.15, 0.2) is 29.2 Å². The van der Waals surface area contributed by atoms with Crippen LogP contribution in [-0.2, 0) is 19.2 Å². The largest absolute Gasteiger partial charge is 0.446 e. The van der Waals surface area contributed by atoms with Gasteiger partial charge < -0.3 is 19.1 Å². The summed E-state index contributed by atoms with van der Waals surface area (Å²) in [7, 11) is 0. The molecular weight excluding hydrogens is 537 g/mol. The number of hydrogen-bond acceptors (Lipinski definition) is 8. The van der Waals surface area contributed by atoms with Gasteiger partial charge in [0, 0.05) is 49.3 Å². The number of nitrogens with zero attached hydrogens (tertiary/aromatic N) is 2. The molecule has 1 spiro atoms. The molecule has 0 radical (unpaired) electrons. The highest BCUT2D eigenvalue weighted by Crippen LogP contribution is 2.60. The van der Waals surface area contributed by atoms with E-state index in [9.17, 15) is 18.0 Å². The van der Waals surface area contributed by atoms with Gasteiger partial charge in [0.2, 0.25) is 5.79 Å². The minimum atomic E-state index is -4.37. The number of rotatable bonds is 3. The number of alkyl halides is 3. The number of piperazine rings is 1. The number of fused-ring (bicyclic) bond motifs is 2. The Bertz CT molecular complexity index is 1070. The van der Waals surface area contributed by atoms with E-state index in [1.165, 1.54) is 24.3 Å². The molecule has 2 bridgehead atoms. The van der Waals surface area contributed by atoms with Crippen LogP contribution in [0.25, 0.3) is 0 Å². The summed E-state index contributed by atoms with van der Waals surface area (Å²) in [4.78, 5) is 28.8. The third-order valence-corrected chi connectivity index (χ3v) is 10.1. The summed E-state index contributed by atoms with van der Waals surface area (Å²) >= 11 is -0.205. The van der Waals surface area contributed by atoms with Gasteiger partial charge in [-0.1, -0.05) is 13.8 Å². The second-order valence-corrected chi connectivity index (χ2v) is 12.8. The third kappa shape index (κ3) is 5.05. The van der Waals surface area contributed by atoms with Crippen molar-refractivity contribution in [3.05, 3.63) is 24.3 Å². The third-order valence-electron chi connectivity index (χ3n) is 9.32. The minimum absolute atomic E-state index is 0.0369. The van der Waals surface area contributed by atoms with Gasteiger partial charge in [-0.2, -0.15) is 13.2 Å². The van der Waals surface area contributed by atoms with Crippen molar-refractivity contribution < 1.29 is 42.0 Å². The first-order chi connectivity index (χ1) is 18.5. The Labute approximate surface area is 230 Å². The standard InChI is InChI=1S/C27H35F3N2O6S/c1-16-4-9-21-17(2)22(35-23-26(21)20(16)10-11-25(3,36-23)37-38-26)31-12-14-32(15-13-31)24(33)34-18-5-7-19(8-6-18)39-27(28,29)30/h5-8,16-17,20-23H,4,9-15H2,1-3H3/t16-,17-,20+,21+,22?,23-,25-,26-/m1/s1. The van der Waals surface area contributed by atoms with Gasteiger partial charge in [-0.25, -0.2) is 14.6 Å². The van der Waals surface area contributed by atoms with E-state index in [2.05, 4.69) is 18.7 Å². The number of thioether (sulfide) groups is 1. The molecule has 39 heavy (non-hydrogen) atoms. The van der Waals surface area contributed by atoms with E-state index < -0.39 is 29.3 Å². The second kappa shape index (κ2) is 10.1. The number of benzene rings is 1. The van der Waals surface area contributed by atoms with Crippen molar-refractivity contribution in [1.29, 1.82) is 0 Å². The van der Waals surface area contributed by atoms with E-state index in [0.717, 1.165) is 25.7 Å². The Balaban J connectivity index is 1.09. The SMILES string of the molecule is C[C@@H]1CC[C@H]2[C@@H](C)C(N3CCN(C(=O)Oc4ccc(SC(F)(F)F)cc4)CC3)O[C@@H]3O[C@@]4(C)CC[C@@H]1[C@]32OO4. The summed E-state index contributed by atoms with van der Waals surface area (Å²) in [6.07, 6.45) is 2.69. The molecule has 1 aromatic carbocycles. The van der Waals surface area contributed by atoms with E-state index >= 15 is 0 Å². The van der Waals surface area contributed by atoms with Gasteiger partial charge in [0.25, 0.3) is 0 Å². The Morgan fingerprint density at radius 2 is 1.74 bits per heavy atom. The van der Waals surface area contributed by atoms with Crippen LogP contribution in [0.1, 0.15) is 46.5 Å². The predicted octanol–water partition coefficient (Wildman–Crippen LogP) is 5.62. The molecule has 1 saturated carbocycles. The quantitative estimate of drug-likeness (QED) is 0.342. The minimum Gasteiger partial charge on any atom is -0.410 e. The monoisotopic (exact) mass is 572 g/mol. The van der Waals surface area contributed by atoms with Crippen LogP contribution in [0.4, 0.5) is 18.0 Å². The Morgan fingerprint density at radius 1 is 1.03 bits per heavy atom. The van der Waals surface area contributed by atoms with Crippen molar-refractivity contribution in [3.8, 4) is 5.75 Å². The van der Waals surface area contributed by atoms with Crippen molar-refractivity contribution in [3.63, 3.8) is 0 Å². The van der Waals surface area contributed by atoms with Crippen LogP contribution in [0.3, 0.4) is 0 Å². The first kappa shape index (κ1) is 27.6. The number of halogens is 3.